The van der Waals surface area contributed by atoms with E-state index < -0.39 is 12.1 Å². The van der Waals surface area contributed by atoms with Crippen molar-refractivity contribution in [2.75, 3.05) is 0 Å². The molecular weight excluding hydrogens is 368 g/mol. The van der Waals surface area contributed by atoms with Crippen LogP contribution in [0.5, 0.6) is 5.75 Å². The Labute approximate surface area is 161 Å². The Kier molecular flexibility index (Phi) is 6.21. The standard InChI is InChI=1S/C21H17ClO3S/c22-16-10-12-17(13-11-16)25-19(21(23)24)14-15-6-4-5-9-20(15)26-18-7-2-1-3-8-18/h1-13,19H,14H2,(H,23,24)/t19-/m0/s1. The summed E-state index contributed by atoms with van der Waals surface area (Å²) < 4.78 is 5.67. The molecule has 0 fully saturated rings. The maximum Gasteiger partial charge on any atom is 0.345 e. The fourth-order valence-electron chi connectivity index (χ4n) is 2.44. The van der Waals surface area contributed by atoms with Crippen LogP contribution in [0.1, 0.15) is 5.56 Å². The van der Waals surface area contributed by atoms with E-state index in [0.717, 1.165) is 15.4 Å². The molecule has 132 valence electrons. The number of hydrogen-bond acceptors (Lipinski definition) is 3. The summed E-state index contributed by atoms with van der Waals surface area (Å²) in [5.74, 6) is -0.519. The van der Waals surface area contributed by atoms with Gasteiger partial charge in [0, 0.05) is 21.2 Å². The first-order valence-electron chi connectivity index (χ1n) is 8.07. The third-order valence-electron chi connectivity index (χ3n) is 3.72. The van der Waals surface area contributed by atoms with E-state index >= 15 is 0 Å². The van der Waals surface area contributed by atoms with Crippen molar-refractivity contribution in [3.63, 3.8) is 0 Å². The summed E-state index contributed by atoms with van der Waals surface area (Å²) in [5, 5.41) is 10.2. The maximum absolute atomic E-state index is 11.7. The van der Waals surface area contributed by atoms with Crippen LogP contribution in [-0.4, -0.2) is 17.2 Å². The second-order valence-corrected chi connectivity index (χ2v) is 7.18. The zero-order valence-corrected chi connectivity index (χ0v) is 15.4. The zero-order valence-electron chi connectivity index (χ0n) is 13.8. The van der Waals surface area contributed by atoms with E-state index in [-0.39, 0.29) is 6.42 Å². The molecule has 0 aromatic heterocycles. The molecule has 0 spiro atoms. The molecule has 0 aliphatic carbocycles. The summed E-state index contributed by atoms with van der Waals surface area (Å²) in [6.07, 6.45) is -0.706. The highest BCUT2D eigenvalue weighted by Gasteiger charge is 2.21. The van der Waals surface area contributed by atoms with Gasteiger partial charge in [0.25, 0.3) is 0 Å². The minimum atomic E-state index is -1.00. The number of carboxylic acid groups (broad SMARTS) is 1. The Hall–Kier alpha value is -2.43. The van der Waals surface area contributed by atoms with Gasteiger partial charge in [-0.1, -0.05) is 59.8 Å². The largest absolute Gasteiger partial charge is 0.478 e. The van der Waals surface area contributed by atoms with E-state index in [1.165, 1.54) is 0 Å². The lowest BCUT2D eigenvalue weighted by molar-refractivity contribution is -0.145. The van der Waals surface area contributed by atoms with Crippen LogP contribution in [0.15, 0.2) is 88.7 Å². The molecule has 1 N–H and O–H groups in total. The summed E-state index contributed by atoms with van der Waals surface area (Å²) in [7, 11) is 0. The molecule has 0 saturated carbocycles. The summed E-state index contributed by atoms with van der Waals surface area (Å²) in [6, 6.07) is 24.5. The van der Waals surface area contributed by atoms with Crippen LogP contribution in [-0.2, 0) is 11.2 Å². The van der Waals surface area contributed by atoms with Gasteiger partial charge in [-0.25, -0.2) is 4.79 Å². The van der Waals surface area contributed by atoms with Gasteiger partial charge < -0.3 is 9.84 Å². The van der Waals surface area contributed by atoms with Crippen LogP contribution in [0.3, 0.4) is 0 Å². The molecule has 0 radical (unpaired) electrons. The van der Waals surface area contributed by atoms with Crippen molar-refractivity contribution in [1.82, 2.24) is 0 Å². The van der Waals surface area contributed by atoms with E-state index in [1.54, 1.807) is 36.0 Å². The zero-order chi connectivity index (χ0) is 18.4. The third kappa shape index (κ3) is 5.04. The van der Waals surface area contributed by atoms with Crippen LogP contribution in [0.25, 0.3) is 0 Å². The molecule has 3 aromatic carbocycles. The normalized spacial score (nSPS) is 11.7. The third-order valence-corrected chi connectivity index (χ3v) is 5.09. The molecular formula is C21H17ClO3S. The quantitative estimate of drug-likeness (QED) is 0.578. The van der Waals surface area contributed by atoms with Crippen LogP contribution in [0.2, 0.25) is 5.02 Å². The van der Waals surface area contributed by atoms with Crippen LogP contribution in [0, 0.1) is 0 Å². The topological polar surface area (TPSA) is 46.5 Å². The number of carboxylic acids is 1. The fraction of sp³-hybridized carbons (Fsp3) is 0.0952. The molecule has 0 aliphatic heterocycles. The maximum atomic E-state index is 11.7. The molecule has 0 bridgehead atoms. The molecule has 0 saturated heterocycles. The van der Waals surface area contributed by atoms with Crippen molar-refractivity contribution in [3.05, 3.63) is 89.4 Å². The van der Waals surface area contributed by atoms with Gasteiger partial charge in [0.05, 0.1) is 0 Å². The molecule has 3 aromatic rings. The molecule has 5 heteroatoms. The van der Waals surface area contributed by atoms with Gasteiger partial charge in [0.1, 0.15) is 5.75 Å². The van der Waals surface area contributed by atoms with Gasteiger partial charge in [-0.3, -0.25) is 0 Å². The Balaban J connectivity index is 1.79. The predicted octanol–water partition coefficient (Wildman–Crippen LogP) is 5.57. The van der Waals surface area contributed by atoms with Crippen molar-refractivity contribution in [2.24, 2.45) is 0 Å². The molecule has 0 aliphatic rings. The lowest BCUT2D eigenvalue weighted by atomic mass is 10.1. The van der Waals surface area contributed by atoms with E-state index in [4.69, 9.17) is 16.3 Å². The Morgan fingerprint density at radius 1 is 0.962 bits per heavy atom. The van der Waals surface area contributed by atoms with Gasteiger partial charge in [-0.05, 0) is 48.0 Å². The number of ether oxygens (including phenoxy) is 1. The Morgan fingerprint density at radius 3 is 2.31 bits per heavy atom. The lowest BCUT2D eigenvalue weighted by Crippen LogP contribution is -2.29. The molecule has 0 amide bonds. The van der Waals surface area contributed by atoms with E-state index in [9.17, 15) is 9.90 Å². The van der Waals surface area contributed by atoms with Crippen molar-refractivity contribution in [3.8, 4) is 5.75 Å². The van der Waals surface area contributed by atoms with Crippen molar-refractivity contribution in [1.29, 1.82) is 0 Å². The first kappa shape index (κ1) is 18.4. The summed E-state index contributed by atoms with van der Waals surface area (Å²) in [4.78, 5) is 13.8. The highest BCUT2D eigenvalue weighted by atomic mass is 35.5. The Morgan fingerprint density at radius 2 is 1.62 bits per heavy atom. The molecule has 3 rings (SSSR count). The van der Waals surface area contributed by atoms with Gasteiger partial charge in [-0.15, -0.1) is 0 Å². The minimum Gasteiger partial charge on any atom is -0.478 e. The predicted molar refractivity (Wildman–Crippen MR) is 104 cm³/mol. The van der Waals surface area contributed by atoms with Gasteiger partial charge in [0.2, 0.25) is 0 Å². The van der Waals surface area contributed by atoms with Crippen molar-refractivity contribution < 1.29 is 14.6 Å². The summed E-state index contributed by atoms with van der Waals surface area (Å²) >= 11 is 7.47. The van der Waals surface area contributed by atoms with Crippen LogP contribution >= 0.6 is 23.4 Å². The van der Waals surface area contributed by atoms with Gasteiger partial charge in [0.15, 0.2) is 6.10 Å². The average molecular weight is 385 g/mol. The molecule has 0 unspecified atom stereocenters. The highest BCUT2D eigenvalue weighted by Crippen LogP contribution is 2.31. The van der Waals surface area contributed by atoms with Crippen LogP contribution < -0.4 is 4.74 Å². The molecule has 3 nitrogen and oxygen atoms in total. The monoisotopic (exact) mass is 384 g/mol. The van der Waals surface area contributed by atoms with Crippen LogP contribution in [0.4, 0.5) is 0 Å². The number of benzene rings is 3. The van der Waals surface area contributed by atoms with E-state index in [1.807, 2.05) is 54.6 Å². The Bertz CT molecular complexity index is 866. The molecule has 1 atom stereocenters. The second kappa shape index (κ2) is 8.79. The smallest absolute Gasteiger partial charge is 0.345 e. The number of aliphatic carboxylic acids is 1. The minimum absolute atomic E-state index is 0.272. The van der Waals surface area contributed by atoms with Crippen molar-refractivity contribution in [2.45, 2.75) is 22.3 Å². The second-order valence-electron chi connectivity index (χ2n) is 5.63. The number of rotatable bonds is 7. The molecule has 26 heavy (non-hydrogen) atoms. The number of carbonyl (C=O) groups is 1. The van der Waals surface area contributed by atoms with Gasteiger partial charge in [-0.2, -0.15) is 0 Å². The lowest BCUT2D eigenvalue weighted by Gasteiger charge is -2.17. The first-order chi connectivity index (χ1) is 12.6. The molecule has 0 heterocycles. The number of halogens is 1. The first-order valence-corrected chi connectivity index (χ1v) is 9.27. The summed E-state index contributed by atoms with van der Waals surface area (Å²) in [6.45, 7) is 0. The van der Waals surface area contributed by atoms with Gasteiger partial charge >= 0.3 is 5.97 Å². The number of hydrogen-bond donors (Lipinski definition) is 1. The van der Waals surface area contributed by atoms with E-state index in [2.05, 4.69) is 0 Å². The highest BCUT2D eigenvalue weighted by molar-refractivity contribution is 7.99. The SMILES string of the molecule is O=C(O)[C@H](Cc1ccccc1Sc1ccccc1)Oc1ccc(Cl)cc1. The van der Waals surface area contributed by atoms with Crippen molar-refractivity contribution >= 4 is 29.3 Å². The fourth-order valence-corrected chi connectivity index (χ4v) is 3.55. The average Bonchev–Trinajstić information content (AvgIpc) is 2.65. The summed E-state index contributed by atoms with van der Waals surface area (Å²) in [5.41, 5.74) is 0.933. The van der Waals surface area contributed by atoms with E-state index in [0.29, 0.717) is 10.8 Å².